The Balaban J connectivity index is 1.97. The molecule has 1 aliphatic rings. The molecule has 1 aliphatic heterocycles. The highest BCUT2D eigenvalue weighted by Crippen LogP contribution is 2.28. The van der Waals surface area contributed by atoms with E-state index in [4.69, 9.17) is 23.2 Å². The largest absolute Gasteiger partial charge is 0.356 e. The molecule has 1 heterocycles. The molecule has 1 atom stereocenters. The van der Waals surface area contributed by atoms with Crippen LogP contribution in [0.25, 0.3) is 0 Å². The lowest BCUT2D eigenvalue weighted by molar-refractivity contribution is -0.126. The number of hydrogen-bond acceptors (Lipinski definition) is 4. The minimum Gasteiger partial charge on any atom is -0.356 e. The predicted molar refractivity (Wildman–Crippen MR) is 110 cm³/mol. The van der Waals surface area contributed by atoms with Gasteiger partial charge in [-0.2, -0.15) is 0 Å². The fraction of sp³-hybridized carbons (Fsp3) is 0.611. The summed E-state index contributed by atoms with van der Waals surface area (Å²) in [7, 11) is 0.360. The van der Waals surface area contributed by atoms with Crippen molar-refractivity contribution < 1.29 is 13.2 Å². The molecule has 27 heavy (non-hydrogen) atoms. The maximum Gasteiger partial charge on any atom is 0.224 e. The number of nitrogens with zero attached hydrogens (tertiary/aromatic N) is 2. The third-order valence-electron chi connectivity index (χ3n) is 4.62. The van der Waals surface area contributed by atoms with Crippen molar-refractivity contribution in [2.75, 3.05) is 40.3 Å². The van der Waals surface area contributed by atoms with Gasteiger partial charge in [-0.25, -0.2) is 12.7 Å². The van der Waals surface area contributed by atoms with E-state index in [-0.39, 0.29) is 24.1 Å². The Morgan fingerprint density at radius 2 is 1.96 bits per heavy atom. The summed E-state index contributed by atoms with van der Waals surface area (Å²) in [6.07, 6.45) is 2.21. The highest BCUT2D eigenvalue weighted by atomic mass is 35.5. The molecular formula is C18H27Cl2N3O3S. The summed E-state index contributed by atoms with van der Waals surface area (Å²) >= 11 is 12.2. The third-order valence-corrected chi connectivity index (χ3v) is 7.10. The number of carbonyl (C=O) groups is 1. The van der Waals surface area contributed by atoms with E-state index >= 15 is 0 Å². The Morgan fingerprint density at radius 1 is 1.30 bits per heavy atom. The minimum absolute atomic E-state index is 0.0792. The monoisotopic (exact) mass is 435 g/mol. The van der Waals surface area contributed by atoms with E-state index < -0.39 is 10.0 Å². The summed E-state index contributed by atoms with van der Waals surface area (Å²) in [4.78, 5) is 14.4. The van der Waals surface area contributed by atoms with Gasteiger partial charge in [-0.05, 0) is 52.0 Å². The van der Waals surface area contributed by atoms with Gasteiger partial charge in [-0.3, -0.25) is 4.79 Å². The summed E-state index contributed by atoms with van der Waals surface area (Å²) in [6, 6.07) is 4.93. The molecule has 6 nitrogen and oxygen atoms in total. The van der Waals surface area contributed by atoms with Crippen molar-refractivity contribution in [1.82, 2.24) is 14.5 Å². The zero-order chi connectivity index (χ0) is 20.0. The summed E-state index contributed by atoms with van der Waals surface area (Å²) in [5.41, 5.74) is 0.399. The average molecular weight is 436 g/mol. The van der Waals surface area contributed by atoms with E-state index in [1.165, 1.54) is 4.31 Å². The molecule has 1 aromatic rings. The number of halogens is 2. The second-order valence-electron chi connectivity index (χ2n) is 7.10. The summed E-state index contributed by atoms with van der Waals surface area (Å²) in [6.45, 7) is 2.10. The van der Waals surface area contributed by atoms with Crippen LogP contribution in [0.3, 0.4) is 0 Å². The molecule has 2 rings (SSSR count). The van der Waals surface area contributed by atoms with Crippen molar-refractivity contribution >= 4 is 39.1 Å². The lowest BCUT2D eigenvalue weighted by atomic mass is 9.99. The fourth-order valence-corrected chi connectivity index (χ4v) is 5.47. The summed E-state index contributed by atoms with van der Waals surface area (Å²) in [5.74, 6) is -0.665. The SMILES string of the molecule is CN(C)CCCNC(=O)[C@@H]1CCCN(S(=O)(=O)Cc2c(Cl)cccc2Cl)C1. The molecule has 0 spiro atoms. The first-order valence-corrected chi connectivity index (χ1v) is 11.4. The fourth-order valence-electron chi connectivity index (χ4n) is 3.10. The van der Waals surface area contributed by atoms with Crippen molar-refractivity contribution in [3.8, 4) is 0 Å². The molecule has 1 N–H and O–H groups in total. The number of benzene rings is 1. The molecule has 1 saturated heterocycles. The van der Waals surface area contributed by atoms with Crippen LogP contribution in [0.1, 0.15) is 24.8 Å². The number of sulfonamides is 1. The zero-order valence-corrected chi connectivity index (χ0v) is 18.1. The molecule has 0 bridgehead atoms. The molecule has 1 fully saturated rings. The van der Waals surface area contributed by atoms with Crippen LogP contribution in [0.4, 0.5) is 0 Å². The van der Waals surface area contributed by atoms with Crippen molar-refractivity contribution in [3.05, 3.63) is 33.8 Å². The van der Waals surface area contributed by atoms with Crippen LogP contribution in [-0.2, 0) is 20.6 Å². The second-order valence-corrected chi connectivity index (χ2v) is 9.88. The van der Waals surface area contributed by atoms with Gasteiger partial charge in [0.05, 0.1) is 11.7 Å². The molecule has 152 valence electrons. The number of carbonyl (C=O) groups excluding carboxylic acids is 1. The van der Waals surface area contributed by atoms with Gasteiger partial charge in [-0.15, -0.1) is 0 Å². The number of nitrogens with one attached hydrogen (secondary N) is 1. The number of piperidine rings is 1. The lowest BCUT2D eigenvalue weighted by Crippen LogP contribution is -2.46. The number of rotatable bonds is 8. The van der Waals surface area contributed by atoms with E-state index in [1.807, 2.05) is 14.1 Å². The van der Waals surface area contributed by atoms with Gasteiger partial charge in [0, 0.05) is 35.2 Å². The highest BCUT2D eigenvalue weighted by molar-refractivity contribution is 7.88. The normalized spacial score (nSPS) is 18.6. The molecule has 0 aliphatic carbocycles. The molecule has 0 radical (unpaired) electrons. The maximum atomic E-state index is 12.8. The van der Waals surface area contributed by atoms with Gasteiger partial charge in [-0.1, -0.05) is 29.3 Å². The molecule has 9 heteroatoms. The molecule has 0 unspecified atom stereocenters. The van der Waals surface area contributed by atoms with Crippen LogP contribution in [-0.4, -0.2) is 63.8 Å². The zero-order valence-electron chi connectivity index (χ0n) is 15.7. The number of hydrogen-bond donors (Lipinski definition) is 1. The van der Waals surface area contributed by atoms with Gasteiger partial charge < -0.3 is 10.2 Å². The average Bonchev–Trinajstić information content (AvgIpc) is 2.62. The molecular weight excluding hydrogens is 409 g/mol. The Morgan fingerprint density at radius 3 is 2.59 bits per heavy atom. The van der Waals surface area contributed by atoms with Gasteiger partial charge in [0.15, 0.2) is 0 Å². The van der Waals surface area contributed by atoms with E-state index in [9.17, 15) is 13.2 Å². The lowest BCUT2D eigenvalue weighted by Gasteiger charge is -2.31. The van der Waals surface area contributed by atoms with Crippen LogP contribution < -0.4 is 5.32 Å². The third kappa shape index (κ3) is 6.61. The molecule has 1 aromatic carbocycles. The first-order valence-electron chi connectivity index (χ1n) is 9.04. The first kappa shape index (κ1) is 22.4. The topological polar surface area (TPSA) is 69.7 Å². The van der Waals surface area contributed by atoms with Crippen molar-refractivity contribution in [2.24, 2.45) is 5.92 Å². The summed E-state index contributed by atoms with van der Waals surface area (Å²) in [5, 5.41) is 3.58. The first-order chi connectivity index (χ1) is 12.7. The van der Waals surface area contributed by atoms with E-state index in [2.05, 4.69) is 10.2 Å². The standard InChI is InChI=1S/C18H27Cl2N3O3S/c1-22(2)10-5-9-21-18(24)14-6-4-11-23(12-14)27(25,26)13-15-16(19)7-3-8-17(15)20/h3,7-8,14H,4-6,9-13H2,1-2H3,(H,21,24)/t14-/m1/s1. The molecule has 1 amide bonds. The van der Waals surface area contributed by atoms with Gasteiger partial charge in [0.1, 0.15) is 0 Å². The van der Waals surface area contributed by atoms with Gasteiger partial charge in [0.2, 0.25) is 15.9 Å². The van der Waals surface area contributed by atoms with Crippen molar-refractivity contribution in [1.29, 1.82) is 0 Å². The Bertz CT molecular complexity index is 736. The highest BCUT2D eigenvalue weighted by Gasteiger charge is 2.33. The van der Waals surface area contributed by atoms with Crippen LogP contribution in [0, 0.1) is 5.92 Å². The van der Waals surface area contributed by atoms with Crippen LogP contribution in [0.2, 0.25) is 10.0 Å². The van der Waals surface area contributed by atoms with Crippen molar-refractivity contribution in [2.45, 2.75) is 25.0 Å². The van der Waals surface area contributed by atoms with Gasteiger partial charge >= 0.3 is 0 Å². The van der Waals surface area contributed by atoms with E-state index in [1.54, 1.807) is 18.2 Å². The maximum absolute atomic E-state index is 12.8. The quantitative estimate of drug-likeness (QED) is 0.637. The summed E-state index contributed by atoms with van der Waals surface area (Å²) < 4.78 is 27.1. The Labute approximate surface area is 171 Å². The van der Waals surface area contributed by atoms with Crippen LogP contribution in [0.15, 0.2) is 18.2 Å². The predicted octanol–water partition coefficient (Wildman–Crippen LogP) is 2.60. The molecule has 0 saturated carbocycles. The second kappa shape index (κ2) is 10.1. The van der Waals surface area contributed by atoms with E-state index in [0.717, 1.165) is 13.0 Å². The molecule has 0 aromatic heterocycles. The smallest absolute Gasteiger partial charge is 0.224 e. The van der Waals surface area contributed by atoms with E-state index in [0.29, 0.717) is 41.5 Å². The van der Waals surface area contributed by atoms with Gasteiger partial charge in [0.25, 0.3) is 0 Å². The van der Waals surface area contributed by atoms with Crippen LogP contribution >= 0.6 is 23.2 Å². The van der Waals surface area contributed by atoms with Crippen molar-refractivity contribution in [3.63, 3.8) is 0 Å². The Hall–Kier alpha value is -0.860. The Kier molecular flexibility index (Phi) is 8.37. The van der Waals surface area contributed by atoms with Crippen LogP contribution in [0.5, 0.6) is 0 Å². The number of amides is 1. The minimum atomic E-state index is -3.61.